The lowest BCUT2D eigenvalue weighted by molar-refractivity contribution is -0.144. The molecule has 3 rings (SSSR count). The SMILES string of the molecule is O=C(CCCS(=O)(=O)c1nnnn1-c1ccccc1)OCc1ccccc1. The van der Waals surface area contributed by atoms with Gasteiger partial charge in [0.1, 0.15) is 6.61 Å². The predicted octanol–water partition coefficient (Wildman–Crippen LogP) is 1.96. The Bertz CT molecular complexity index is 988. The van der Waals surface area contributed by atoms with Crippen molar-refractivity contribution in [1.82, 2.24) is 20.2 Å². The topological polar surface area (TPSA) is 104 Å². The highest BCUT2D eigenvalue weighted by atomic mass is 32.2. The molecule has 0 aliphatic rings. The normalized spacial score (nSPS) is 11.3. The van der Waals surface area contributed by atoms with E-state index in [0.717, 1.165) is 5.56 Å². The summed E-state index contributed by atoms with van der Waals surface area (Å²) < 4.78 is 31.4. The van der Waals surface area contributed by atoms with Gasteiger partial charge in [0.25, 0.3) is 5.16 Å². The van der Waals surface area contributed by atoms with Crippen molar-refractivity contribution in [2.24, 2.45) is 0 Å². The molecule has 2 aromatic carbocycles. The average molecular weight is 386 g/mol. The maximum absolute atomic E-state index is 12.5. The number of carbonyl (C=O) groups excluding carboxylic acids is 1. The summed E-state index contributed by atoms with van der Waals surface area (Å²) in [4.78, 5) is 11.8. The van der Waals surface area contributed by atoms with E-state index in [1.807, 2.05) is 36.4 Å². The van der Waals surface area contributed by atoms with Gasteiger partial charge < -0.3 is 4.74 Å². The Labute approximate surface area is 156 Å². The maximum Gasteiger partial charge on any atom is 0.306 e. The highest BCUT2D eigenvalue weighted by Crippen LogP contribution is 2.14. The summed E-state index contributed by atoms with van der Waals surface area (Å²) >= 11 is 0. The second kappa shape index (κ2) is 8.54. The molecule has 0 N–H and O–H groups in total. The van der Waals surface area contributed by atoms with Gasteiger partial charge in [-0.05, 0) is 34.5 Å². The van der Waals surface area contributed by atoms with E-state index in [9.17, 15) is 13.2 Å². The van der Waals surface area contributed by atoms with E-state index in [2.05, 4.69) is 15.5 Å². The van der Waals surface area contributed by atoms with Crippen LogP contribution in [-0.4, -0.2) is 40.3 Å². The van der Waals surface area contributed by atoms with Crippen molar-refractivity contribution in [2.45, 2.75) is 24.6 Å². The first-order valence-corrected chi connectivity index (χ1v) is 9.97. The fourth-order valence-corrected chi connectivity index (χ4v) is 3.69. The second-order valence-corrected chi connectivity index (χ2v) is 7.78. The molecule has 140 valence electrons. The fraction of sp³-hybridized carbons (Fsp3) is 0.222. The third kappa shape index (κ3) is 4.98. The first kappa shape index (κ1) is 18.7. The third-order valence-electron chi connectivity index (χ3n) is 3.76. The lowest BCUT2D eigenvalue weighted by Gasteiger charge is -2.06. The van der Waals surface area contributed by atoms with Crippen molar-refractivity contribution in [1.29, 1.82) is 0 Å². The molecule has 0 amide bonds. The first-order chi connectivity index (χ1) is 13.1. The van der Waals surface area contributed by atoms with Crippen molar-refractivity contribution in [3.8, 4) is 5.69 Å². The summed E-state index contributed by atoms with van der Waals surface area (Å²) in [6.07, 6.45) is 0.122. The Morgan fingerprint density at radius 1 is 1.00 bits per heavy atom. The molecule has 0 unspecified atom stereocenters. The minimum Gasteiger partial charge on any atom is -0.461 e. The van der Waals surface area contributed by atoms with E-state index in [4.69, 9.17) is 4.74 Å². The van der Waals surface area contributed by atoms with Gasteiger partial charge in [-0.15, -0.1) is 0 Å². The van der Waals surface area contributed by atoms with Gasteiger partial charge in [-0.25, -0.2) is 8.42 Å². The van der Waals surface area contributed by atoms with Gasteiger partial charge in [-0.3, -0.25) is 4.79 Å². The zero-order valence-corrected chi connectivity index (χ0v) is 15.2. The van der Waals surface area contributed by atoms with Crippen molar-refractivity contribution in [3.63, 3.8) is 0 Å². The van der Waals surface area contributed by atoms with Crippen LogP contribution in [0.2, 0.25) is 0 Å². The second-order valence-electron chi connectivity index (χ2n) is 5.78. The highest BCUT2D eigenvalue weighted by Gasteiger charge is 2.24. The molecule has 0 aliphatic heterocycles. The Morgan fingerprint density at radius 3 is 2.37 bits per heavy atom. The number of carbonyl (C=O) groups is 1. The minimum atomic E-state index is -3.74. The van der Waals surface area contributed by atoms with Gasteiger partial charge in [-0.1, -0.05) is 53.6 Å². The fourth-order valence-electron chi connectivity index (χ4n) is 2.41. The molecule has 1 heterocycles. The van der Waals surface area contributed by atoms with Gasteiger partial charge in [0.15, 0.2) is 0 Å². The van der Waals surface area contributed by atoms with Crippen molar-refractivity contribution in [2.75, 3.05) is 5.75 Å². The number of hydrogen-bond acceptors (Lipinski definition) is 7. The summed E-state index contributed by atoms with van der Waals surface area (Å²) in [6.45, 7) is 0.165. The number of benzene rings is 2. The number of ether oxygens (including phenoxy) is 1. The number of tetrazole rings is 1. The molecule has 0 saturated heterocycles. The number of nitrogens with zero attached hydrogens (tertiary/aromatic N) is 4. The van der Waals surface area contributed by atoms with Gasteiger partial charge in [0.05, 0.1) is 11.4 Å². The Morgan fingerprint density at radius 2 is 1.67 bits per heavy atom. The summed E-state index contributed by atoms with van der Waals surface area (Å²) in [5.74, 6) is -0.697. The predicted molar refractivity (Wildman–Crippen MR) is 96.7 cm³/mol. The number of aromatic nitrogens is 4. The van der Waals surface area contributed by atoms with E-state index in [0.29, 0.717) is 5.69 Å². The smallest absolute Gasteiger partial charge is 0.306 e. The number of para-hydroxylation sites is 1. The Kier molecular flexibility index (Phi) is 5.92. The lowest BCUT2D eigenvalue weighted by atomic mass is 10.2. The highest BCUT2D eigenvalue weighted by molar-refractivity contribution is 7.91. The van der Waals surface area contributed by atoms with Crippen LogP contribution < -0.4 is 0 Å². The van der Waals surface area contributed by atoms with Crippen molar-refractivity contribution >= 4 is 15.8 Å². The van der Waals surface area contributed by atoms with Crippen LogP contribution in [0.15, 0.2) is 65.8 Å². The summed E-state index contributed by atoms with van der Waals surface area (Å²) in [5, 5.41) is 10.6. The molecular formula is C18H18N4O4S. The molecule has 0 aliphatic carbocycles. The summed E-state index contributed by atoms with van der Waals surface area (Å²) in [7, 11) is -3.74. The molecule has 27 heavy (non-hydrogen) atoms. The van der Waals surface area contributed by atoms with Gasteiger partial charge in [0, 0.05) is 6.42 Å². The number of esters is 1. The van der Waals surface area contributed by atoms with E-state index < -0.39 is 15.8 Å². The van der Waals surface area contributed by atoms with Gasteiger partial charge >= 0.3 is 5.97 Å². The molecule has 0 bridgehead atoms. The standard InChI is InChI=1S/C18H18N4O4S/c23-17(26-14-15-8-3-1-4-9-15)12-7-13-27(24,25)18-19-20-21-22(18)16-10-5-2-6-11-16/h1-6,8-11H,7,12-14H2. The molecule has 0 atom stereocenters. The van der Waals surface area contributed by atoms with Crippen LogP contribution in [0.3, 0.4) is 0 Å². The van der Waals surface area contributed by atoms with Gasteiger partial charge in [-0.2, -0.15) is 4.68 Å². The number of hydrogen-bond donors (Lipinski definition) is 0. The van der Waals surface area contributed by atoms with Crippen LogP contribution in [-0.2, 0) is 26.0 Å². The zero-order chi connectivity index (χ0) is 19.1. The van der Waals surface area contributed by atoms with Crippen molar-refractivity contribution in [3.05, 3.63) is 66.2 Å². The third-order valence-corrected chi connectivity index (χ3v) is 5.39. The summed E-state index contributed by atoms with van der Waals surface area (Å²) in [5.41, 5.74) is 1.42. The molecule has 1 aromatic heterocycles. The van der Waals surface area contributed by atoms with Crippen LogP contribution in [0.4, 0.5) is 0 Å². The Balaban J connectivity index is 1.55. The van der Waals surface area contributed by atoms with Gasteiger partial charge in [0.2, 0.25) is 9.84 Å². The van der Waals surface area contributed by atoms with E-state index >= 15 is 0 Å². The van der Waals surface area contributed by atoms with Crippen molar-refractivity contribution < 1.29 is 17.9 Å². The molecular weight excluding hydrogens is 368 g/mol. The molecule has 0 radical (unpaired) electrons. The zero-order valence-electron chi connectivity index (χ0n) is 14.4. The molecule has 0 saturated carbocycles. The molecule has 0 spiro atoms. The van der Waals surface area contributed by atoms with Crippen LogP contribution in [0.5, 0.6) is 0 Å². The lowest BCUT2D eigenvalue weighted by Crippen LogP contribution is -2.15. The number of sulfone groups is 1. The van der Waals surface area contributed by atoms with E-state index in [1.54, 1.807) is 24.3 Å². The first-order valence-electron chi connectivity index (χ1n) is 8.32. The molecule has 8 nitrogen and oxygen atoms in total. The van der Waals surface area contributed by atoms with E-state index in [1.165, 1.54) is 4.68 Å². The minimum absolute atomic E-state index is 0.00103. The molecule has 3 aromatic rings. The largest absolute Gasteiger partial charge is 0.461 e. The number of rotatable bonds is 8. The van der Waals surface area contributed by atoms with Crippen LogP contribution in [0.1, 0.15) is 18.4 Å². The van der Waals surface area contributed by atoms with Crippen LogP contribution in [0, 0.1) is 0 Å². The quantitative estimate of drug-likeness (QED) is 0.545. The molecule has 9 heteroatoms. The molecule has 0 fully saturated rings. The van der Waals surface area contributed by atoms with E-state index in [-0.39, 0.29) is 30.4 Å². The summed E-state index contributed by atoms with van der Waals surface area (Å²) in [6, 6.07) is 18.0. The van der Waals surface area contributed by atoms with Crippen LogP contribution >= 0.6 is 0 Å². The maximum atomic E-state index is 12.5. The van der Waals surface area contributed by atoms with Crippen LogP contribution in [0.25, 0.3) is 5.69 Å². The monoisotopic (exact) mass is 386 g/mol. The average Bonchev–Trinajstić information content (AvgIpc) is 3.19. The Hall–Kier alpha value is -3.07.